The second-order valence-corrected chi connectivity index (χ2v) is 5.75. The summed E-state index contributed by atoms with van der Waals surface area (Å²) in [5.74, 6) is 1.80. The van der Waals surface area contributed by atoms with Gasteiger partial charge in [-0.2, -0.15) is 0 Å². The van der Waals surface area contributed by atoms with Crippen molar-refractivity contribution >= 4 is 39.9 Å². The lowest BCUT2D eigenvalue weighted by atomic mass is 10.3. The van der Waals surface area contributed by atoms with E-state index >= 15 is 0 Å². The third kappa shape index (κ3) is 6.29. The van der Waals surface area contributed by atoms with Gasteiger partial charge >= 0.3 is 0 Å². The Morgan fingerprint density at radius 1 is 0.842 bits per heavy atom. The highest BCUT2D eigenvalue weighted by Crippen LogP contribution is 2.16. The molecule has 0 bridgehead atoms. The predicted octanol–water partition coefficient (Wildman–Crippen LogP) is 3.04. The maximum absolute atomic E-state index is 4.99. The highest BCUT2D eigenvalue weighted by molar-refractivity contribution is 8.40. The van der Waals surface area contributed by atoms with Crippen LogP contribution in [0, 0.1) is 0 Å². The Kier molecular flexibility index (Phi) is 7.90. The molecule has 19 heavy (non-hydrogen) atoms. The Hall–Kier alpha value is -0.750. The van der Waals surface area contributed by atoms with E-state index in [0.717, 1.165) is 11.5 Å². The predicted molar refractivity (Wildman–Crippen MR) is 92.3 cm³/mol. The molecule has 0 amide bonds. The SMILES string of the molecule is COc1ccc(P)cc1.COc1ccc(PS)cc1. The maximum Gasteiger partial charge on any atom is 0.118 e. The average molecular weight is 312 g/mol. The number of hydrogen-bond acceptors (Lipinski definition) is 3. The molecular formula is C14H18O2P2S. The molecule has 2 rings (SSSR count). The van der Waals surface area contributed by atoms with Crippen molar-refractivity contribution in [3.63, 3.8) is 0 Å². The van der Waals surface area contributed by atoms with Gasteiger partial charge in [-0.1, -0.05) is 24.3 Å². The minimum Gasteiger partial charge on any atom is -0.497 e. The lowest BCUT2D eigenvalue weighted by Crippen LogP contribution is -1.90. The number of ether oxygens (including phenoxy) is 2. The lowest BCUT2D eigenvalue weighted by Gasteiger charge is -1.98. The minimum absolute atomic E-state index is 0.567. The standard InChI is InChI=1S/C7H9OPS.C7H9OP/c1-8-6-2-4-7(9-10)5-3-6;1-8-6-2-4-7(9)5-3-6/h2-5,9-10H,1H3;2-5H,9H2,1H3. The fraction of sp³-hybridized carbons (Fsp3) is 0.143. The summed E-state index contributed by atoms with van der Waals surface area (Å²) < 4.78 is 9.95. The molecule has 0 N–H and O–H groups in total. The Labute approximate surface area is 124 Å². The van der Waals surface area contributed by atoms with E-state index in [0.29, 0.717) is 7.78 Å². The van der Waals surface area contributed by atoms with E-state index in [-0.39, 0.29) is 0 Å². The lowest BCUT2D eigenvalue weighted by molar-refractivity contribution is 0.415. The zero-order valence-electron chi connectivity index (χ0n) is 11.0. The van der Waals surface area contributed by atoms with E-state index < -0.39 is 0 Å². The van der Waals surface area contributed by atoms with E-state index in [1.165, 1.54) is 10.6 Å². The van der Waals surface area contributed by atoms with Crippen LogP contribution in [0.4, 0.5) is 0 Å². The third-order valence-corrected chi connectivity index (χ3v) is 4.09. The van der Waals surface area contributed by atoms with Crippen molar-refractivity contribution < 1.29 is 9.47 Å². The van der Waals surface area contributed by atoms with Gasteiger partial charge in [-0.25, -0.2) is 0 Å². The quantitative estimate of drug-likeness (QED) is 0.694. The third-order valence-electron chi connectivity index (χ3n) is 2.33. The molecule has 0 saturated heterocycles. The maximum atomic E-state index is 4.99. The van der Waals surface area contributed by atoms with Crippen LogP contribution in [0.2, 0.25) is 0 Å². The summed E-state index contributed by atoms with van der Waals surface area (Å²) in [6, 6.07) is 15.8. The zero-order valence-corrected chi connectivity index (χ0v) is 14.0. The first-order valence-electron chi connectivity index (χ1n) is 5.63. The van der Waals surface area contributed by atoms with Gasteiger partial charge in [-0.3, -0.25) is 0 Å². The van der Waals surface area contributed by atoms with Crippen LogP contribution in [-0.4, -0.2) is 14.2 Å². The summed E-state index contributed by atoms with van der Waals surface area (Å²) in [5.41, 5.74) is 0. The topological polar surface area (TPSA) is 18.5 Å². The molecule has 2 atom stereocenters. The Morgan fingerprint density at radius 2 is 1.26 bits per heavy atom. The van der Waals surface area contributed by atoms with Crippen LogP contribution in [0.3, 0.4) is 0 Å². The molecule has 5 heteroatoms. The minimum atomic E-state index is 0.567. The largest absolute Gasteiger partial charge is 0.497 e. The van der Waals surface area contributed by atoms with E-state index in [2.05, 4.69) is 21.5 Å². The summed E-state index contributed by atoms with van der Waals surface area (Å²) in [5, 5.41) is 2.42. The molecule has 0 heterocycles. The fourth-order valence-corrected chi connectivity index (χ4v) is 2.22. The number of benzene rings is 2. The molecule has 0 radical (unpaired) electrons. The molecular weight excluding hydrogens is 294 g/mol. The first-order chi connectivity index (χ1) is 9.19. The summed E-state index contributed by atoms with van der Waals surface area (Å²) >= 11 is 4.16. The number of rotatable bonds is 3. The summed E-state index contributed by atoms with van der Waals surface area (Å²) in [7, 11) is 6.51. The number of hydrogen-bond donors (Lipinski definition) is 1. The molecule has 0 aliphatic carbocycles. The molecule has 2 unspecified atom stereocenters. The van der Waals surface area contributed by atoms with Crippen molar-refractivity contribution in [2.45, 2.75) is 0 Å². The average Bonchev–Trinajstić information content (AvgIpc) is 2.49. The van der Waals surface area contributed by atoms with Gasteiger partial charge in [0.2, 0.25) is 0 Å². The molecule has 2 aromatic carbocycles. The van der Waals surface area contributed by atoms with Crippen LogP contribution >= 0.6 is 29.3 Å². The second-order valence-electron chi connectivity index (χ2n) is 3.61. The van der Waals surface area contributed by atoms with Gasteiger partial charge in [0, 0.05) is 0 Å². The van der Waals surface area contributed by atoms with Gasteiger partial charge < -0.3 is 9.47 Å². The smallest absolute Gasteiger partial charge is 0.118 e. The fourth-order valence-electron chi connectivity index (χ4n) is 1.27. The van der Waals surface area contributed by atoms with E-state index in [1.807, 2.05) is 48.5 Å². The molecule has 2 aromatic rings. The molecule has 0 aliphatic rings. The molecule has 0 spiro atoms. The van der Waals surface area contributed by atoms with Crippen LogP contribution < -0.4 is 20.1 Å². The van der Waals surface area contributed by atoms with Gasteiger partial charge in [0.05, 0.1) is 14.2 Å². The zero-order chi connectivity index (χ0) is 14.1. The van der Waals surface area contributed by atoms with Crippen LogP contribution in [0.1, 0.15) is 0 Å². The van der Waals surface area contributed by atoms with Gasteiger partial charge in [0.15, 0.2) is 0 Å². The summed E-state index contributed by atoms with van der Waals surface area (Å²) in [6.07, 6.45) is 0. The van der Waals surface area contributed by atoms with E-state index in [1.54, 1.807) is 14.2 Å². The highest BCUT2D eigenvalue weighted by atomic mass is 32.7. The van der Waals surface area contributed by atoms with Crippen LogP contribution in [-0.2, 0) is 0 Å². The van der Waals surface area contributed by atoms with Gasteiger partial charge in [0.25, 0.3) is 0 Å². The van der Waals surface area contributed by atoms with Crippen LogP contribution in [0.25, 0.3) is 0 Å². The van der Waals surface area contributed by atoms with Gasteiger partial charge in [-0.15, -0.1) is 21.5 Å². The summed E-state index contributed by atoms with van der Waals surface area (Å²) in [6.45, 7) is 0. The van der Waals surface area contributed by atoms with E-state index in [9.17, 15) is 0 Å². The van der Waals surface area contributed by atoms with Crippen molar-refractivity contribution in [1.29, 1.82) is 0 Å². The van der Waals surface area contributed by atoms with Crippen molar-refractivity contribution in [3.05, 3.63) is 48.5 Å². The molecule has 2 nitrogen and oxygen atoms in total. The molecule has 0 aromatic heterocycles. The van der Waals surface area contributed by atoms with Crippen molar-refractivity contribution in [3.8, 4) is 11.5 Å². The van der Waals surface area contributed by atoms with Crippen LogP contribution in [0.5, 0.6) is 11.5 Å². The first-order valence-corrected chi connectivity index (χ1v) is 8.50. The van der Waals surface area contributed by atoms with Crippen molar-refractivity contribution in [1.82, 2.24) is 0 Å². The molecule has 0 saturated carbocycles. The van der Waals surface area contributed by atoms with Crippen LogP contribution in [0.15, 0.2) is 48.5 Å². The Morgan fingerprint density at radius 3 is 1.63 bits per heavy atom. The Bertz CT molecular complexity index is 449. The highest BCUT2D eigenvalue weighted by Gasteiger charge is 1.89. The number of thiol groups is 1. The summed E-state index contributed by atoms with van der Waals surface area (Å²) in [4.78, 5) is 0. The number of methoxy groups -OCH3 is 2. The van der Waals surface area contributed by atoms with Gasteiger partial charge in [-0.05, 0) is 42.7 Å². The molecule has 0 fully saturated rings. The Balaban J connectivity index is 0.000000191. The monoisotopic (exact) mass is 312 g/mol. The van der Waals surface area contributed by atoms with E-state index in [4.69, 9.17) is 9.47 Å². The molecule has 0 aliphatic heterocycles. The first kappa shape index (κ1) is 16.3. The second kappa shape index (κ2) is 9.20. The molecule has 102 valence electrons. The van der Waals surface area contributed by atoms with Crippen molar-refractivity contribution in [2.24, 2.45) is 0 Å². The normalized spacial score (nSPS) is 9.89. The van der Waals surface area contributed by atoms with Gasteiger partial charge in [0.1, 0.15) is 11.5 Å². The van der Waals surface area contributed by atoms with Crippen molar-refractivity contribution in [2.75, 3.05) is 14.2 Å².